The molecular formula is C8H12N2. The van der Waals surface area contributed by atoms with Crippen LogP contribution in [0.15, 0.2) is 0 Å². The summed E-state index contributed by atoms with van der Waals surface area (Å²) in [6.07, 6.45) is 3.89. The summed E-state index contributed by atoms with van der Waals surface area (Å²) in [6.45, 7) is 2.02. The summed E-state index contributed by atoms with van der Waals surface area (Å²) in [6, 6.07) is 2.39. The number of rotatable bonds is 0. The van der Waals surface area contributed by atoms with Crippen molar-refractivity contribution in [3.8, 4) is 6.07 Å². The Hall–Kier alpha value is -0.550. The van der Waals surface area contributed by atoms with E-state index in [0.29, 0.717) is 11.3 Å². The maximum absolute atomic E-state index is 8.78. The van der Waals surface area contributed by atoms with Crippen molar-refractivity contribution in [3.63, 3.8) is 0 Å². The molecule has 0 unspecified atom stereocenters. The minimum Gasteiger partial charge on any atom is -0.315 e. The van der Waals surface area contributed by atoms with Crippen molar-refractivity contribution in [2.45, 2.75) is 19.3 Å². The fourth-order valence-electron chi connectivity index (χ4n) is 2.14. The quantitative estimate of drug-likeness (QED) is 0.537. The Labute approximate surface area is 61.2 Å². The molecule has 0 bridgehead atoms. The summed E-state index contributed by atoms with van der Waals surface area (Å²) in [5.74, 6) is 0.307. The molecule has 54 valence electrons. The van der Waals surface area contributed by atoms with E-state index in [4.69, 9.17) is 5.26 Å². The van der Waals surface area contributed by atoms with Gasteiger partial charge in [-0.25, -0.2) is 0 Å². The van der Waals surface area contributed by atoms with E-state index in [1.165, 1.54) is 19.3 Å². The van der Waals surface area contributed by atoms with Crippen LogP contribution in [0.4, 0.5) is 0 Å². The number of hydrogen-bond donors (Lipinski definition) is 1. The molecule has 2 nitrogen and oxygen atoms in total. The van der Waals surface area contributed by atoms with Crippen LogP contribution in [0.5, 0.6) is 0 Å². The summed E-state index contributed by atoms with van der Waals surface area (Å²) in [5.41, 5.74) is 0.411. The predicted molar refractivity (Wildman–Crippen MR) is 38.3 cm³/mol. The summed E-state index contributed by atoms with van der Waals surface area (Å²) in [7, 11) is 0. The van der Waals surface area contributed by atoms with Crippen LogP contribution >= 0.6 is 0 Å². The average molecular weight is 136 g/mol. The van der Waals surface area contributed by atoms with Gasteiger partial charge < -0.3 is 5.32 Å². The third kappa shape index (κ3) is 0.615. The van der Waals surface area contributed by atoms with E-state index < -0.39 is 0 Å². The molecule has 0 aromatic carbocycles. The van der Waals surface area contributed by atoms with Crippen LogP contribution in [0.1, 0.15) is 19.3 Å². The predicted octanol–water partition coefficient (Wildman–Crippen LogP) is 0.900. The molecule has 1 N–H and O–H groups in total. The zero-order valence-electron chi connectivity index (χ0n) is 6.06. The zero-order chi connectivity index (χ0) is 7.03. The molecule has 1 spiro atoms. The van der Waals surface area contributed by atoms with Gasteiger partial charge in [0.1, 0.15) is 0 Å². The average Bonchev–Trinajstić information content (AvgIpc) is 2.27. The Balaban J connectivity index is 2.14. The van der Waals surface area contributed by atoms with E-state index in [1.54, 1.807) is 0 Å². The fraction of sp³-hybridized carbons (Fsp3) is 0.875. The van der Waals surface area contributed by atoms with Crippen molar-refractivity contribution < 1.29 is 0 Å². The van der Waals surface area contributed by atoms with Gasteiger partial charge in [0.25, 0.3) is 0 Å². The van der Waals surface area contributed by atoms with Gasteiger partial charge in [-0.05, 0) is 18.3 Å². The van der Waals surface area contributed by atoms with Crippen LogP contribution in [-0.4, -0.2) is 13.1 Å². The second-order valence-corrected chi connectivity index (χ2v) is 3.53. The van der Waals surface area contributed by atoms with Gasteiger partial charge in [0.2, 0.25) is 0 Å². The molecule has 1 atom stereocenters. The van der Waals surface area contributed by atoms with E-state index in [1.807, 2.05) is 0 Å². The standard InChI is InChI=1S/C8H12N2/c9-4-7-5-10-6-8(7)2-1-3-8/h7,10H,1-3,5-6H2/t7-/m1/s1. The van der Waals surface area contributed by atoms with Crippen molar-refractivity contribution in [2.75, 3.05) is 13.1 Å². The van der Waals surface area contributed by atoms with Gasteiger partial charge >= 0.3 is 0 Å². The molecule has 0 aromatic heterocycles. The Bertz CT molecular complexity index is 176. The molecule has 0 aromatic rings. The van der Waals surface area contributed by atoms with Gasteiger partial charge in [-0.2, -0.15) is 5.26 Å². The molecule has 10 heavy (non-hydrogen) atoms. The van der Waals surface area contributed by atoms with Gasteiger partial charge in [0.05, 0.1) is 12.0 Å². The third-order valence-electron chi connectivity index (χ3n) is 3.07. The molecule has 2 rings (SSSR count). The lowest BCUT2D eigenvalue weighted by Gasteiger charge is -2.39. The maximum Gasteiger partial charge on any atom is 0.0675 e. The summed E-state index contributed by atoms with van der Waals surface area (Å²) < 4.78 is 0. The SMILES string of the molecule is N#C[C@@H]1CNCC12CCC2. The molecule has 1 heterocycles. The van der Waals surface area contributed by atoms with Crippen molar-refractivity contribution in [1.82, 2.24) is 5.32 Å². The number of nitrogens with one attached hydrogen (secondary N) is 1. The highest BCUT2D eigenvalue weighted by molar-refractivity contribution is 5.08. The van der Waals surface area contributed by atoms with Gasteiger partial charge in [-0.15, -0.1) is 0 Å². The van der Waals surface area contributed by atoms with Gasteiger partial charge in [0.15, 0.2) is 0 Å². The molecular weight excluding hydrogens is 124 g/mol. The summed E-state index contributed by atoms with van der Waals surface area (Å²) >= 11 is 0. The Morgan fingerprint density at radius 3 is 2.70 bits per heavy atom. The Kier molecular flexibility index (Phi) is 1.21. The van der Waals surface area contributed by atoms with E-state index in [0.717, 1.165) is 13.1 Å². The topological polar surface area (TPSA) is 35.8 Å². The lowest BCUT2D eigenvalue weighted by atomic mass is 9.63. The molecule has 1 aliphatic heterocycles. The Morgan fingerprint density at radius 2 is 2.30 bits per heavy atom. The first-order chi connectivity index (χ1) is 4.87. The molecule has 1 saturated heterocycles. The highest BCUT2D eigenvalue weighted by Gasteiger charge is 2.47. The van der Waals surface area contributed by atoms with Gasteiger partial charge in [0, 0.05) is 13.1 Å². The van der Waals surface area contributed by atoms with E-state index >= 15 is 0 Å². The fourth-order valence-corrected chi connectivity index (χ4v) is 2.14. The summed E-state index contributed by atoms with van der Waals surface area (Å²) in [4.78, 5) is 0. The molecule has 0 amide bonds. The van der Waals surface area contributed by atoms with Crippen LogP contribution < -0.4 is 5.32 Å². The number of hydrogen-bond acceptors (Lipinski definition) is 2. The smallest absolute Gasteiger partial charge is 0.0675 e. The molecule has 0 radical (unpaired) electrons. The first kappa shape index (κ1) is 6.18. The normalized spacial score (nSPS) is 35.3. The van der Waals surface area contributed by atoms with Crippen LogP contribution in [0.25, 0.3) is 0 Å². The van der Waals surface area contributed by atoms with Gasteiger partial charge in [-0.1, -0.05) is 6.42 Å². The van der Waals surface area contributed by atoms with Crippen molar-refractivity contribution in [1.29, 1.82) is 5.26 Å². The third-order valence-corrected chi connectivity index (χ3v) is 3.07. The molecule has 1 saturated carbocycles. The number of nitrogens with zero attached hydrogens (tertiary/aromatic N) is 1. The van der Waals surface area contributed by atoms with Crippen molar-refractivity contribution >= 4 is 0 Å². The molecule has 1 aliphatic carbocycles. The molecule has 2 heteroatoms. The minimum atomic E-state index is 0.307. The first-order valence-corrected chi connectivity index (χ1v) is 3.98. The number of nitriles is 1. The highest BCUT2D eigenvalue weighted by atomic mass is 14.9. The van der Waals surface area contributed by atoms with Crippen LogP contribution in [0.2, 0.25) is 0 Å². The van der Waals surface area contributed by atoms with Crippen LogP contribution in [0, 0.1) is 22.7 Å². The Morgan fingerprint density at radius 1 is 1.50 bits per heavy atom. The monoisotopic (exact) mass is 136 g/mol. The minimum absolute atomic E-state index is 0.307. The van der Waals surface area contributed by atoms with E-state index in [2.05, 4.69) is 11.4 Å². The summed E-state index contributed by atoms with van der Waals surface area (Å²) in [5, 5.41) is 12.1. The second kappa shape index (κ2) is 1.96. The van der Waals surface area contributed by atoms with Crippen LogP contribution in [-0.2, 0) is 0 Å². The zero-order valence-corrected chi connectivity index (χ0v) is 6.06. The second-order valence-electron chi connectivity index (χ2n) is 3.53. The maximum atomic E-state index is 8.78. The van der Waals surface area contributed by atoms with Gasteiger partial charge in [-0.3, -0.25) is 0 Å². The molecule has 2 aliphatic rings. The largest absolute Gasteiger partial charge is 0.315 e. The lowest BCUT2D eigenvalue weighted by Crippen LogP contribution is -2.36. The van der Waals surface area contributed by atoms with E-state index in [-0.39, 0.29) is 0 Å². The lowest BCUT2D eigenvalue weighted by molar-refractivity contribution is 0.126. The van der Waals surface area contributed by atoms with Crippen LogP contribution in [0.3, 0.4) is 0 Å². The first-order valence-electron chi connectivity index (χ1n) is 3.98. The van der Waals surface area contributed by atoms with E-state index in [9.17, 15) is 0 Å². The highest BCUT2D eigenvalue weighted by Crippen LogP contribution is 2.48. The van der Waals surface area contributed by atoms with Crippen molar-refractivity contribution in [2.24, 2.45) is 11.3 Å². The molecule has 2 fully saturated rings. The van der Waals surface area contributed by atoms with Crippen molar-refractivity contribution in [3.05, 3.63) is 0 Å².